The smallest absolute Gasteiger partial charge is 0.333 e. The van der Waals surface area contributed by atoms with Crippen molar-refractivity contribution in [2.24, 2.45) is 7.05 Å². The first-order valence-corrected chi connectivity index (χ1v) is 13.2. The summed E-state index contributed by atoms with van der Waals surface area (Å²) in [6, 6.07) is 9.95. The zero-order valence-electron chi connectivity index (χ0n) is 23.8. The number of piperazine rings is 1. The summed E-state index contributed by atoms with van der Waals surface area (Å²) in [4.78, 5) is 72.7. The molecule has 1 aliphatic rings. The van der Waals surface area contributed by atoms with Gasteiger partial charge in [0, 0.05) is 7.05 Å². The Kier molecular flexibility index (Phi) is 12.7. The average molecular weight is 623 g/mol. The maximum Gasteiger partial charge on any atom is 0.333 e. The number of rotatable bonds is 9. The molecule has 0 amide bonds. The van der Waals surface area contributed by atoms with E-state index in [0.717, 1.165) is 37.7 Å². The molecule has 1 aromatic carbocycles. The normalized spacial score (nSPS) is 14.7. The molecule has 1 aliphatic heterocycles. The Labute approximate surface area is 248 Å². The summed E-state index contributed by atoms with van der Waals surface area (Å²) in [6.07, 6.45) is -5.26. The number of carboxylic acid groups (broad SMARTS) is 4. The third kappa shape index (κ3) is 9.48. The highest BCUT2D eigenvalue weighted by Crippen LogP contribution is 2.28. The summed E-state index contributed by atoms with van der Waals surface area (Å²) in [5.41, 5.74) is 1.11. The fourth-order valence-corrected chi connectivity index (χ4v) is 4.11. The topological polar surface area (TPSA) is 285 Å². The quantitative estimate of drug-likeness (QED) is 0.119. The minimum absolute atomic E-state index is 0.0827. The van der Waals surface area contributed by atoms with Gasteiger partial charge >= 0.3 is 23.6 Å². The minimum Gasteiger partial charge on any atom is -0.547 e. The number of aliphatic hydroxyl groups is 2. The summed E-state index contributed by atoms with van der Waals surface area (Å²) >= 11 is 0. The fraction of sp³-hybridized carbons (Fsp3) is 0.423. The lowest BCUT2D eigenvalue weighted by Crippen LogP contribution is -2.89. The van der Waals surface area contributed by atoms with Crippen molar-refractivity contribution in [3.63, 3.8) is 0 Å². The molecule has 1 saturated heterocycles. The zero-order chi connectivity index (χ0) is 33.1. The number of carbonyl (C=O) groups excluding carboxylic acids is 1. The van der Waals surface area contributed by atoms with Crippen LogP contribution in [0.25, 0.3) is 11.2 Å². The van der Waals surface area contributed by atoms with Crippen molar-refractivity contribution in [3.05, 3.63) is 56.7 Å². The Morgan fingerprint density at radius 1 is 0.977 bits per heavy atom. The maximum absolute atomic E-state index is 12.7. The van der Waals surface area contributed by atoms with Gasteiger partial charge in [-0.3, -0.25) is 28.5 Å². The molecule has 240 valence electrons. The first kappa shape index (κ1) is 35.1. The van der Waals surface area contributed by atoms with E-state index in [1.165, 1.54) is 4.57 Å². The van der Waals surface area contributed by atoms with Gasteiger partial charge in [0.05, 0.1) is 51.0 Å². The van der Waals surface area contributed by atoms with Gasteiger partial charge in [-0.25, -0.2) is 9.59 Å². The third-order valence-corrected chi connectivity index (χ3v) is 6.38. The van der Waals surface area contributed by atoms with E-state index in [-0.39, 0.29) is 6.04 Å². The number of nitrogens with zero attached hydrogens (tertiary/aromatic N) is 4. The van der Waals surface area contributed by atoms with Crippen LogP contribution in [0.15, 0.2) is 39.9 Å². The summed E-state index contributed by atoms with van der Waals surface area (Å²) in [5, 5.41) is 52.2. The van der Waals surface area contributed by atoms with Gasteiger partial charge in [0.25, 0.3) is 5.56 Å². The van der Waals surface area contributed by atoms with E-state index in [1.54, 1.807) is 7.05 Å². The van der Waals surface area contributed by atoms with E-state index >= 15 is 0 Å². The molecule has 3 heterocycles. The van der Waals surface area contributed by atoms with Crippen LogP contribution in [-0.4, -0.2) is 107 Å². The van der Waals surface area contributed by atoms with Gasteiger partial charge in [-0.2, -0.15) is 4.98 Å². The molecule has 3 aromatic rings. The lowest BCUT2D eigenvalue weighted by atomic mass is 10.1. The van der Waals surface area contributed by atoms with Gasteiger partial charge < -0.3 is 45.7 Å². The lowest BCUT2D eigenvalue weighted by molar-refractivity contribution is -0.655. The van der Waals surface area contributed by atoms with Crippen molar-refractivity contribution in [1.29, 1.82) is 0 Å². The van der Waals surface area contributed by atoms with Crippen molar-refractivity contribution >= 4 is 41.0 Å². The number of aliphatic hydroxyl groups excluding tert-OH is 2. The second-order valence-corrected chi connectivity index (χ2v) is 9.60. The molecule has 8 N–H and O–H groups in total. The van der Waals surface area contributed by atoms with Gasteiger partial charge in [-0.05, 0) is 12.5 Å². The number of nitrogens with one attached hydrogen (secondary N) is 1. The van der Waals surface area contributed by atoms with Gasteiger partial charge in [0.15, 0.2) is 17.3 Å². The SMILES string of the molecule is CC(c1ccccc1)n1c(N2CC[NH2+]CC2)nc2c1c(=O)[nH]c(=O)n2C.O=C(O)CC(O)C(=O)O.O=C(O)CC(O)C(=O)[O-]. The molecule has 18 nitrogen and oxygen atoms in total. The Balaban J connectivity index is 0.000000310. The molecule has 0 aliphatic carbocycles. The van der Waals surface area contributed by atoms with E-state index in [4.69, 9.17) is 30.5 Å². The molecular weight excluding hydrogens is 588 g/mol. The second kappa shape index (κ2) is 16.0. The van der Waals surface area contributed by atoms with E-state index in [9.17, 15) is 33.9 Å². The molecule has 0 bridgehead atoms. The number of hydrogen-bond acceptors (Lipinski definition) is 11. The van der Waals surface area contributed by atoms with Crippen molar-refractivity contribution in [2.45, 2.75) is 38.0 Å². The van der Waals surface area contributed by atoms with Crippen molar-refractivity contribution < 1.29 is 55.1 Å². The Morgan fingerprint density at radius 2 is 1.52 bits per heavy atom. The summed E-state index contributed by atoms with van der Waals surface area (Å²) in [6.45, 7) is 5.74. The number of carboxylic acids is 4. The summed E-state index contributed by atoms with van der Waals surface area (Å²) in [7, 11) is 1.64. The summed E-state index contributed by atoms with van der Waals surface area (Å²) < 4.78 is 3.37. The first-order valence-electron chi connectivity index (χ1n) is 13.2. The number of fused-ring (bicyclic) bond motifs is 1. The summed E-state index contributed by atoms with van der Waals surface area (Å²) in [5.74, 6) is -5.23. The fourth-order valence-electron chi connectivity index (χ4n) is 4.11. The molecule has 3 unspecified atom stereocenters. The molecule has 18 heteroatoms. The average Bonchev–Trinajstić information content (AvgIpc) is 3.38. The zero-order valence-corrected chi connectivity index (χ0v) is 23.8. The molecule has 44 heavy (non-hydrogen) atoms. The number of quaternary nitrogens is 1. The number of aromatic nitrogens is 4. The van der Waals surface area contributed by atoms with E-state index < -0.39 is 60.2 Å². The number of imidazole rings is 1. The molecule has 2 aromatic heterocycles. The number of hydrogen-bond donors (Lipinski definition) is 7. The highest BCUT2D eigenvalue weighted by molar-refractivity contribution is 5.79. The second-order valence-electron chi connectivity index (χ2n) is 9.60. The van der Waals surface area contributed by atoms with Gasteiger partial charge in [-0.15, -0.1) is 0 Å². The first-order chi connectivity index (χ1) is 20.6. The molecule has 0 saturated carbocycles. The van der Waals surface area contributed by atoms with Crippen LogP contribution in [0.2, 0.25) is 0 Å². The monoisotopic (exact) mass is 622 g/mol. The van der Waals surface area contributed by atoms with Crippen LogP contribution >= 0.6 is 0 Å². The molecule has 3 atom stereocenters. The van der Waals surface area contributed by atoms with Crippen LogP contribution in [0.3, 0.4) is 0 Å². The molecule has 4 rings (SSSR count). The Morgan fingerprint density at radius 3 is 1.98 bits per heavy atom. The lowest BCUT2D eigenvalue weighted by Gasteiger charge is -2.28. The molecule has 1 fully saturated rings. The van der Waals surface area contributed by atoms with E-state index in [2.05, 4.69) is 22.1 Å². The van der Waals surface area contributed by atoms with E-state index in [1.807, 2.05) is 34.9 Å². The van der Waals surface area contributed by atoms with Gasteiger partial charge in [0.2, 0.25) is 5.95 Å². The Hall–Kier alpha value is -5.07. The standard InChI is InChI=1S/C18H22N6O2.2C4H6O5/c1-12(13-6-4-3-5-7-13)24-14-15(22(2)18(26)21-16(14)25)20-17(24)23-10-8-19-9-11-23;2*5-2(4(8)9)1-3(6)7/h3-7,12,19H,8-11H2,1-2H3,(H,21,25,26);2*2,5H,1H2,(H,6,7)(H,8,9). The number of H-pyrrole nitrogens is 1. The molecule has 0 spiro atoms. The minimum atomic E-state index is -1.90. The van der Waals surface area contributed by atoms with Crippen LogP contribution < -0.4 is 26.6 Å². The number of carbonyl (C=O) groups is 4. The predicted molar refractivity (Wildman–Crippen MR) is 149 cm³/mol. The van der Waals surface area contributed by atoms with E-state index in [0.29, 0.717) is 11.2 Å². The van der Waals surface area contributed by atoms with Crippen LogP contribution in [0.4, 0.5) is 5.95 Å². The van der Waals surface area contributed by atoms with Gasteiger partial charge in [-0.1, -0.05) is 30.3 Å². The highest BCUT2D eigenvalue weighted by Gasteiger charge is 2.26. The number of aromatic amines is 1. The van der Waals surface area contributed by atoms with Crippen molar-refractivity contribution in [1.82, 2.24) is 19.1 Å². The number of aliphatic carboxylic acids is 4. The van der Waals surface area contributed by atoms with Gasteiger partial charge in [0.1, 0.15) is 6.10 Å². The number of anilines is 1. The predicted octanol–water partition coefficient (Wildman–Crippen LogP) is -4.11. The Bertz CT molecular complexity index is 1540. The maximum atomic E-state index is 12.7. The van der Waals surface area contributed by atoms with Crippen molar-refractivity contribution in [2.75, 3.05) is 31.1 Å². The van der Waals surface area contributed by atoms with Crippen LogP contribution in [-0.2, 0) is 26.2 Å². The number of nitrogens with two attached hydrogens (primary N) is 1. The van der Waals surface area contributed by atoms with Crippen molar-refractivity contribution in [3.8, 4) is 0 Å². The van der Waals surface area contributed by atoms with Crippen LogP contribution in [0.1, 0.15) is 31.4 Å². The third-order valence-electron chi connectivity index (χ3n) is 6.38. The van der Waals surface area contributed by atoms with Crippen LogP contribution in [0.5, 0.6) is 0 Å². The molecule has 0 radical (unpaired) electrons. The molecular formula is C26H34N6O12. The largest absolute Gasteiger partial charge is 0.547 e. The number of aryl methyl sites for hydroxylation is 1. The number of benzene rings is 1. The van der Waals surface area contributed by atoms with Crippen LogP contribution in [0, 0.1) is 0 Å². The highest BCUT2D eigenvalue weighted by atomic mass is 16.4.